The third-order valence-electron chi connectivity index (χ3n) is 3.04. The summed E-state index contributed by atoms with van der Waals surface area (Å²) in [5.74, 6) is 1.40. The van der Waals surface area contributed by atoms with Gasteiger partial charge in [0.15, 0.2) is 0 Å². The minimum absolute atomic E-state index is 0.131. The molecule has 1 aliphatic carbocycles. The first kappa shape index (κ1) is 12.0. The summed E-state index contributed by atoms with van der Waals surface area (Å²) < 4.78 is 5.40. The van der Waals surface area contributed by atoms with Gasteiger partial charge in [-0.05, 0) is 12.8 Å². The summed E-state index contributed by atoms with van der Waals surface area (Å²) in [6.07, 6.45) is 7.13. The van der Waals surface area contributed by atoms with Crippen molar-refractivity contribution in [2.45, 2.75) is 51.6 Å². The van der Waals surface area contributed by atoms with Crippen LogP contribution in [0.3, 0.4) is 0 Å². The van der Waals surface area contributed by atoms with Crippen LogP contribution in [0.15, 0.2) is 10.6 Å². The van der Waals surface area contributed by atoms with Crippen LogP contribution in [-0.4, -0.2) is 17.1 Å². The number of aromatic nitrogens is 1. The van der Waals surface area contributed by atoms with E-state index in [2.05, 4.69) is 15.6 Å². The Morgan fingerprint density at radius 3 is 2.94 bits per heavy atom. The third-order valence-corrected chi connectivity index (χ3v) is 3.04. The van der Waals surface area contributed by atoms with Crippen LogP contribution < -0.4 is 10.6 Å². The Labute approximate surface area is 101 Å². The summed E-state index contributed by atoms with van der Waals surface area (Å²) in [7, 11) is 0. The molecule has 0 unspecified atom stereocenters. The highest BCUT2D eigenvalue weighted by atomic mass is 16.4. The first-order chi connectivity index (χ1) is 8.28. The molecule has 94 valence electrons. The van der Waals surface area contributed by atoms with Crippen molar-refractivity contribution in [1.29, 1.82) is 0 Å². The minimum atomic E-state index is -0.131. The number of rotatable bonds is 4. The first-order valence-corrected chi connectivity index (χ1v) is 6.26. The molecular weight excluding hydrogens is 218 g/mol. The molecule has 1 aliphatic rings. The SMILES string of the molecule is CCc1cnc(CNC(=O)NC2CCCC2)o1. The Bertz CT molecular complexity index is 370. The number of nitrogens with one attached hydrogen (secondary N) is 2. The highest BCUT2D eigenvalue weighted by Gasteiger charge is 2.16. The molecule has 0 radical (unpaired) electrons. The topological polar surface area (TPSA) is 67.2 Å². The minimum Gasteiger partial charge on any atom is -0.444 e. The van der Waals surface area contributed by atoms with Crippen molar-refractivity contribution in [1.82, 2.24) is 15.6 Å². The summed E-state index contributed by atoms with van der Waals surface area (Å²) in [6, 6.07) is 0.207. The number of aryl methyl sites for hydroxylation is 1. The molecular formula is C12H19N3O2. The summed E-state index contributed by atoms with van der Waals surface area (Å²) in [4.78, 5) is 15.6. The molecule has 0 bridgehead atoms. The second-order valence-corrected chi connectivity index (χ2v) is 4.38. The monoisotopic (exact) mass is 237 g/mol. The molecule has 0 spiro atoms. The quantitative estimate of drug-likeness (QED) is 0.841. The van der Waals surface area contributed by atoms with Crippen LogP contribution in [0.5, 0.6) is 0 Å². The zero-order valence-corrected chi connectivity index (χ0v) is 10.2. The summed E-state index contributed by atoms with van der Waals surface area (Å²) in [6.45, 7) is 2.35. The third kappa shape index (κ3) is 3.47. The van der Waals surface area contributed by atoms with E-state index in [4.69, 9.17) is 4.42 Å². The van der Waals surface area contributed by atoms with E-state index in [1.54, 1.807) is 6.20 Å². The van der Waals surface area contributed by atoms with Crippen molar-refractivity contribution in [3.8, 4) is 0 Å². The number of carbonyl (C=O) groups is 1. The van der Waals surface area contributed by atoms with Gasteiger partial charge in [0.05, 0.1) is 12.7 Å². The highest BCUT2D eigenvalue weighted by molar-refractivity contribution is 5.74. The largest absolute Gasteiger partial charge is 0.444 e. The molecule has 1 aromatic rings. The van der Waals surface area contributed by atoms with Gasteiger partial charge in [0.2, 0.25) is 5.89 Å². The van der Waals surface area contributed by atoms with E-state index < -0.39 is 0 Å². The predicted octanol–water partition coefficient (Wildman–Crippen LogP) is 1.98. The van der Waals surface area contributed by atoms with E-state index in [-0.39, 0.29) is 6.03 Å². The maximum atomic E-state index is 11.6. The van der Waals surface area contributed by atoms with E-state index in [1.165, 1.54) is 12.8 Å². The Kier molecular flexibility index (Phi) is 4.01. The number of oxazole rings is 1. The maximum Gasteiger partial charge on any atom is 0.315 e. The summed E-state index contributed by atoms with van der Waals surface area (Å²) in [5.41, 5.74) is 0. The van der Waals surface area contributed by atoms with Crippen LogP contribution in [0.1, 0.15) is 44.3 Å². The number of amides is 2. The van der Waals surface area contributed by atoms with Gasteiger partial charge < -0.3 is 15.1 Å². The lowest BCUT2D eigenvalue weighted by atomic mass is 10.2. The Hall–Kier alpha value is -1.52. The Morgan fingerprint density at radius 2 is 2.29 bits per heavy atom. The normalized spacial score (nSPS) is 16.1. The van der Waals surface area contributed by atoms with Crippen molar-refractivity contribution >= 4 is 6.03 Å². The smallest absolute Gasteiger partial charge is 0.315 e. The van der Waals surface area contributed by atoms with E-state index in [0.717, 1.165) is 25.0 Å². The van der Waals surface area contributed by atoms with Gasteiger partial charge in [0, 0.05) is 12.5 Å². The molecule has 0 atom stereocenters. The lowest BCUT2D eigenvalue weighted by molar-refractivity contribution is 0.235. The van der Waals surface area contributed by atoms with E-state index in [9.17, 15) is 4.79 Å². The Balaban J connectivity index is 1.71. The van der Waals surface area contributed by atoms with E-state index >= 15 is 0 Å². The molecule has 1 heterocycles. The predicted molar refractivity (Wildman–Crippen MR) is 63.5 cm³/mol. The molecule has 0 saturated heterocycles. The van der Waals surface area contributed by atoms with Crippen LogP contribution in [-0.2, 0) is 13.0 Å². The van der Waals surface area contributed by atoms with Gasteiger partial charge in [-0.2, -0.15) is 0 Å². The summed E-state index contributed by atoms with van der Waals surface area (Å²) >= 11 is 0. The highest BCUT2D eigenvalue weighted by Crippen LogP contribution is 2.17. The van der Waals surface area contributed by atoms with Crippen molar-refractivity contribution < 1.29 is 9.21 Å². The lowest BCUT2D eigenvalue weighted by Gasteiger charge is -2.11. The zero-order chi connectivity index (χ0) is 12.1. The molecule has 2 N–H and O–H groups in total. The number of urea groups is 1. The van der Waals surface area contributed by atoms with Crippen molar-refractivity contribution in [2.75, 3.05) is 0 Å². The van der Waals surface area contributed by atoms with Crippen LogP contribution >= 0.6 is 0 Å². The molecule has 5 heteroatoms. The van der Waals surface area contributed by atoms with Gasteiger partial charge in [-0.15, -0.1) is 0 Å². The molecule has 1 fully saturated rings. The van der Waals surface area contributed by atoms with Crippen LogP contribution in [0.2, 0.25) is 0 Å². The average molecular weight is 237 g/mol. The molecule has 1 aromatic heterocycles. The van der Waals surface area contributed by atoms with Gasteiger partial charge in [-0.25, -0.2) is 9.78 Å². The van der Waals surface area contributed by atoms with Gasteiger partial charge in [-0.3, -0.25) is 0 Å². The van der Waals surface area contributed by atoms with Crippen LogP contribution in [0, 0.1) is 0 Å². The van der Waals surface area contributed by atoms with Crippen molar-refractivity contribution in [3.63, 3.8) is 0 Å². The number of hydrogen-bond donors (Lipinski definition) is 2. The molecule has 2 amide bonds. The molecule has 1 saturated carbocycles. The van der Waals surface area contributed by atoms with Gasteiger partial charge >= 0.3 is 6.03 Å². The van der Waals surface area contributed by atoms with Gasteiger partial charge in [0.1, 0.15) is 5.76 Å². The fourth-order valence-electron chi connectivity index (χ4n) is 2.06. The average Bonchev–Trinajstić information content (AvgIpc) is 2.96. The van der Waals surface area contributed by atoms with E-state index in [0.29, 0.717) is 18.5 Å². The first-order valence-electron chi connectivity index (χ1n) is 6.26. The number of hydrogen-bond acceptors (Lipinski definition) is 3. The van der Waals surface area contributed by atoms with Crippen LogP contribution in [0.25, 0.3) is 0 Å². The Morgan fingerprint density at radius 1 is 1.53 bits per heavy atom. The molecule has 0 aromatic carbocycles. The summed E-state index contributed by atoms with van der Waals surface area (Å²) in [5, 5.41) is 5.71. The lowest BCUT2D eigenvalue weighted by Crippen LogP contribution is -2.40. The van der Waals surface area contributed by atoms with Crippen LogP contribution in [0.4, 0.5) is 4.79 Å². The second kappa shape index (κ2) is 5.70. The van der Waals surface area contributed by atoms with Crippen molar-refractivity contribution in [2.24, 2.45) is 0 Å². The zero-order valence-electron chi connectivity index (χ0n) is 10.2. The van der Waals surface area contributed by atoms with Crippen molar-refractivity contribution in [3.05, 3.63) is 17.8 Å². The second-order valence-electron chi connectivity index (χ2n) is 4.38. The standard InChI is InChI=1S/C12H19N3O2/c1-2-10-7-13-11(17-10)8-14-12(16)15-9-5-3-4-6-9/h7,9H,2-6,8H2,1H3,(H2,14,15,16). The van der Waals surface area contributed by atoms with Gasteiger partial charge in [-0.1, -0.05) is 19.8 Å². The molecule has 5 nitrogen and oxygen atoms in total. The molecule has 0 aliphatic heterocycles. The molecule has 2 rings (SSSR count). The maximum absolute atomic E-state index is 11.6. The molecule has 17 heavy (non-hydrogen) atoms. The van der Waals surface area contributed by atoms with E-state index in [1.807, 2.05) is 6.92 Å². The number of carbonyl (C=O) groups excluding carboxylic acids is 1. The number of nitrogens with zero attached hydrogens (tertiary/aromatic N) is 1. The van der Waals surface area contributed by atoms with Gasteiger partial charge in [0.25, 0.3) is 0 Å². The fourth-order valence-corrected chi connectivity index (χ4v) is 2.06. The fraction of sp³-hybridized carbons (Fsp3) is 0.667.